The molecule has 0 radical (unpaired) electrons. The number of hydrogen-bond donors (Lipinski definition) is 1. The second kappa shape index (κ2) is 5.67. The van der Waals surface area contributed by atoms with E-state index in [1.54, 1.807) is 6.20 Å². The van der Waals surface area contributed by atoms with Crippen molar-refractivity contribution in [2.75, 3.05) is 0 Å². The summed E-state index contributed by atoms with van der Waals surface area (Å²) in [6.45, 7) is 4.22. The largest absolute Gasteiger partial charge is 0.327 e. The molecule has 1 aromatic carbocycles. The molecule has 0 saturated carbocycles. The third kappa shape index (κ3) is 3.00. The van der Waals surface area contributed by atoms with Crippen LogP contribution in [0, 0.1) is 6.92 Å². The van der Waals surface area contributed by atoms with E-state index in [2.05, 4.69) is 53.1 Å². The van der Waals surface area contributed by atoms with Gasteiger partial charge in [-0.3, -0.25) is 0 Å². The van der Waals surface area contributed by atoms with Gasteiger partial charge in [0, 0.05) is 12.2 Å². The first-order valence-corrected chi connectivity index (χ1v) is 6.95. The Morgan fingerprint density at radius 1 is 1.44 bits per heavy atom. The molecule has 3 nitrogen and oxygen atoms in total. The fraction of sp³-hybridized carbons (Fsp3) is 0.357. The average Bonchev–Trinajstić information content (AvgIpc) is 2.75. The van der Waals surface area contributed by atoms with Crippen LogP contribution in [0.25, 0.3) is 5.69 Å². The second-order valence-corrected chi connectivity index (χ2v) is 5.51. The van der Waals surface area contributed by atoms with Crippen molar-refractivity contribution in [3.05, 3.63) is 46.2 Å². The topological polar surface area (TPSA) is 43.8 Å². The van der Waals surface area contributed by atoms with E-state index < -0.39 is 0 Å². The van der Waals surface area contributed by atoms with Crippen LogP contribution in [0.2, 0.25) is 0 Å². The number of aromatic nitrogens is 2. The molecule has 0 saturated heterocycles. The quantitative estimate of drug-likeness (QED) is 0.942. The van der Waals surface area contributed by atoms with Crippen molar-refractivity contribution in [3.63, 3.8) is 0 Å². The summed E-state index contributed by atoms with van der Waals surface area (Å²) in [6, 6.07) is 6.68. The van der Waals surface area contributed by atoms with Crippen molar-refractivity contribution in [1.82, 2.24) is 9.78 Å². The number of hydrogen-bond acceptors (Lipinski definition) is 2. The molecule has 0 aliphatic rings. The van der Waals surface area contributed by atoms with Crippen LogP contribution in [-0.2, 0) is 6.42 Å². The van der Waals surface area contributed by atoms with Crippen LogP contribution in [0.15, 0.2) is 35.1 Å². The zero-order chi connectivity index (χ0) is 13.1. The predicted molar refractivity (Wildman–Crippen MR) is 78.0 cm³/mol. The van der Waals surface area contributed by atoms with Crippen LogP contribution in [-0.4, -0.2) is 15.8 Å². The summed E-state index contributed by atoms with van der Waals surface area (Å²) in [4.78, 5) is 0. The van der Waals surface area contributed by atoms with E-state index in [0.717, 1.165) is 23.0 Å². The molecule has 0 aliphatic carbocycles. The molecule has 18 heavy (non-hydrogen) atoms. The number of rotatable bonds is 4. The Kier molecular flexibility index (Phi) is 4.19. The number of nitrogens with zero attached hydrogens (tertiary/aromatic N) is 2. The van der Waals surface area contributed by atoms with Crippen LogP contribution in [0.5, 0.6) is 0 Å². The molecule has 1 atom stereocenters. The van der Waals surface area contributed by atoms with Crippen molar-refractivity contribution in [2.24, 2.45) is 5.73 Å². The molecule has 1 aromatic heterocycles. The zero-order valence-electron chi connectivity index (χ0n) is 10.7. The molecule has 2 rings (SSSR count). The Morgan fingerprint density at radius 3 is 2.78 bits per heavy atom. The summed E-state index contributed by atoms with van der Waals surface area (Å²) >= 11 is 3.41. The Morgan fingerprint density at radius 2 is 2.22 bits per heavy atom. The second-order valence-electron chi connectivity index (χ2n) is 4.60. The molecular weight excluding hydrogens is 290 g/mol. The van der Waals surface area contributed by atoms with Gasteiger partial charge in [-0.05, 0) is 52.9 Å². The highest BCUT2D eigenvalue weighted by atomic mass is 79.9. The van der Waals surface area contributed by atoms with E-state index in [1.807, 2.05) is 10.9 Å². The van der Waals surface area contributed by atoms with Crippen LogP contribution in [0.3, 0.4) is 0 Å². The summed E-state index contributed by atoms with van der Waals surface area (Å²) in [5, 5.41) is 4.30. The molecule has 0 spiro atoms. The highest BCUT2D eigenvalue weighted by Gasteiger charge is 2.06. The lowest BCUT2D eigenvalue weighted by Gasteiger charge is -2.11. The molecule has 0 bridgehead atoms. The van der Waals surface area contributed by atoms with E-state index in [-0.39, 0.29) is 6.04 Å². The Hall–Kier alpha value is -1.13. The van der Waals surface area contributed by atoms with Gasteiger partial charge in [0.1, 0.15) is 0 Å². The fourth-order valence-electron chi connectivity index (χ4n) is 1.98. The molecule has 2 N–H and O–H groups in total. The van der Waals surface area contributed by atoms with Gasteiger partial charge in [-0.25, -0.2) is 4.68 Å². The molecule has 96 valence electrons. The summed E-state index contributed by atoms with van der Waals surface area (Å²) in [7, 11) is 0. The Bertz CT molecular complexity index is 534. The van der Waals surface area contributed by atoms with Gasteiger partial charge in [-0.1, -0.05) is 19.1 Å². The summed E-state index contributed by atoms with van der Waals surface area (Å²) in [6.07, 6.45) is 5.69. The van der Waals surface area contributed by atoms with E-state index >= 15 is 0 Å². The Balaban J connectivity index is 2.25. The fourth-order valence-corrected chi connectivity index (χ4v) is 2.27. The molecule has 1 unspecified atom stereocenters. The zero-order valence-corrected chi connectivity index (χ0v) is 12.3. The summed E-state index contributed by atoms with van der Waals surface area (Å²) in [5.74, 6) is 0. The lowest BCUT2D eigenvalue weighted by Crippen LogP contribution is -2.21. The third-order valence-electron chi connectivity index (χ3n) is 3.08. The predicted octanol–water partition coefficient (Wildman–Crippen LogP) is 3.22. The monoisotopic (exact) mass is 307 g/mol. The van der Waals surface area contributed by atoms with Gasteiger partial charge in [0.25, 0.3) is 0 Å². The SMILES string of the molecule is CCC(N)Cc1ccc(-n2cc(Br)cn2)c(C)c1. The summed E-state index contributed by atoms with van der Waals surface area (Å²) < 4.78 is 2.86. The smallest absolute Gasteiger partial charge is 0.0675 e. The molecule has 0 fully saturated rings. The minimum atomic E-state index is 0.245. The maximum absolute atomic E-state index is 5.98. The summed E-state index contributed by atoms with van der Waals surface area (Å²) in [5.41, 5.74) is 9.59. The standard InChI is InChI=1S/C14H18BrN3/c1-3-13(16)7-11-4-5-14(10(2)6-11)18-9-12(15)8-17-18/h4-6,8-9,13H,3,7,16H2,1-2H3. The number of aryl methyl sites for hydroxylation is 1. The van der Waals surface area contributed by atoms with Gasteiger partial charge < -0.3 is 5.73 Å². The van der Waals surface area contributed by atoms with Crippen LogP contribution < -0.4 is 5.73 Å². The minimum absolute atomic E-state index is 0.245. The maximum atomic E-state index is 5.98. The number of halogens is 1. The van der Waals surface area contributed by atoms with E-state index in [9.17, 15) is 0 Å². The van der Waals surface area contributed by atoms with Gasteiger partial charge >= 0.3 is 0 Å². The van der Waals surface area contributed by atoms with Crippen LogP contribution in [0.1, 0.15) is 24.5 Å². The van der Waals surface area contributed by atoms with Gasteiger partial charge in [0.2, 0.25) is 0 Å². The normalized spacial score (nSPS) is 12.7. The lowest BCUT2D eigenvalue weighted by atomic mass is 10.0. The lowest BCUT2D eigenvalue weighted by molar-refractivity contribution is 0.646. The van der Waals surface area contributed by atoms with Gasteiger partial charge in [0.05, 0.1) is 16.4 Å². The molecule has 1 heterocycles. The first-order valence-electron chi connectivity index (χ1n) is 6.15. The van der Waals surface area contributed by atoms with Crippen molar-refractivity contribution >= 4 is 15.9 Å². The van der Waals surface area contributed by atoms with Crippen molar-refractivity contribution in [3.8, 4) is 5.69 Å². The first-order chi connectivity index (χ1) is 8.60. The molecule has 2 aromatic rings. The first kappa shape index (κ1) is 13.3. The van der Waals surface area contributed by atoms with E-state index in [4.69, 9.17) is 5.73 Å². The maximum Gasteiger partial charge on any atom is 0.0675 e. The number of nitrogens with two attached hydrogens (primary N) is 1. The molecule has 0 amide bonds. The van der Waals surface area contributed by atoms with E-state index in [0.29, 0.717) is 0 Å². The van der Waals surface area contributed by atoms with Gasteiger partial charge in [0.15, 0.2) is 0 Å². The highest BCUT2D eigenvalue weighted by Crippen LogP contribution is 2.18. The van der Waals surface area contributed by atoms with E-state index in [1.165, 1.54) is 11.1 Å². The van der Waals surface area contributed by atoms with Crippen molar-refractivity contribution < 1.29 is 0 Å². The minimum Gasteiger partial charge on any atom is -0.327 e. The van der Waals surface area contributed by atoms with Crippen molar-refractivity contribution in [2.45, 2.75) is 32.7 Å². The third-order valence-corrected chi connectivity index (χ3v) is 3.49. The highest BCUT2D eigenvalue weighted by molar-refractivity contribution is 9.10. The number of benzene rings is 1. The Labute approximate surface area is 116 Å². The van der Waals surface area contributed by atoms with Gasteiger partial charge in [-0.15, -0.1) is 0 Å². The van der Waals surface area contributed by atoms with Crippen molar-refractivity contribution in [1.29, 1.82) is 0 Å². The van der Waals surface area contributed by atoms with Crippen LogP contribution >= 0.6 is 15.9 Å². The molecule has 4 heteroatoms. The van der Waals surface area contributed by atoms with Crippen LogP contribution in [0.4, 0.5) is 0 Å². The van der Waals surface area contributed by atoms with Gasteiger partial charge in [-0.2, -0.15) is 5.10 Å². The molecular formula is C14H18BrN3. The average molecular weight is 308 g/mol. The molecule has 0 aliphatic heterocycles.